The predicted molar refractivity (Wildman–Crippen MR) is 103 cm³/mol. The number of benzene rings is 1. The number of nitrogens with zero attached hydrogens (tertiary/aromatic N) is 1. The van der Waals surface area contributed by atoms with Crippen molar-refractivity contribution in [2.75, 3.05) is 32.7 Å². The van der Waals surface area contributed by atoms with Crippen molar-refractivity contribution in [2.45, 2.75) is 38.6 Å². The summed E-state index contributed by atoms with van der Waals surface area (Å²) in [7, 11) is -3.58. The summed E-state index contributed by atoms with van der Waals surface area (Å²) in [5.41, 5.74) is 0.491. The van der Waals surface area contributed by atoms with E-state index in [2.05, 4.69) is 19.2 Å². The van der Waals surface area contributed by atoms with E-state index in [1.165, 1.54) is 35.5 Å². The molecule has 2 rings (SSSR count). The Morgan fingerprint density at radius 3 is 2.15 bits per heavy atom. The van der Waals surface area contributed by atoms with E-state index in [1.54, 1.807) is 0 Å². The zero-order chi connectivity index (χ0) is 20.2. The number of ketones is 1. The van der Waals surface area contributed by atoms with Crippen molar-refractivity contribution in [3.8, 4) is 0 Å². The Balaban J connectivity index is 1.92. The number of rotatable bonds is 7. The summed E-state index contributed by atoms with van der Waals surface area (Å²) in [5, 5.41) is 2.99. The molecule has 1 aliphatic heterocycles. The number of piperazine rings is 1. The maximum atomic E-state index is 12.8. The van der Waals surface area contributed by atoms with Gasteiger partial charge in [-0.1, -0.05) is 26.0 Å². The molecule has 2 N–H and O–H groups in total. The standard InChI is InChI=1S/C19H29N3O4S/c1-14(2)15(3)20-19(24)13-21-9-11-22(12-10-21)27(25,26)18-7-5-17(6-8-18)16(4)23/h5-8,14-15H,9-13H2,1-4H3,(H,20,24)/p+1/t15-/m0/s1. The quantitative estimate of drug-likeness (QED) is 0.632. The minimum absolute atomic E-state index is 0.00216. The maximum Gasteiger partial charge on any atom is 0.275 e. The second-order valence-corrected chi connectivity index (χ2v) is 9.45. The number of carbonyl (C=O) groups is 2. The van der Waals surface area contributed by atoms with Crippen molar-refractivity contribution >= 4 is 21.7 Å². The van der Waals surface area contributed by atoms with Crippen LogP contribution in [-0.4, -0.2) is 63.2 Å². The lowest BCUT2D eigenvalue weighted by atomic mass is 10.1. The number of hydrogen-bond acceptors (Lipinski definition) is 4. The zero-order valence-electron chi connectivity index (χ0n) is 16.5. The van der Waals surface area contributed by atoms with Gasteiger partial charge in [0, 0.05) is 11.6 Å². The summed E-state index contributed by atoms with van der Waals surface area (Å²) in [5.74, 6) is 0.281. The summed E-state index contributed by atoms with van der Waals surface area (Å²) in [6.45, 7) is 9.84. The molecule has 0 aliphatic carbocycles. The third-order valence-electron chi connectivity index (χ3n) is 5.13. The van der Waals surface area contributed by atoms with Gasteiger partial charge in [-0.05, 0) is 31.9 Å². The lowest BCUT2D eigenvalue weighted by molar-refractivity contribution is -0.895. The topological polar surface area (TPSA) is 88.0 Å². The van der Waals surface area contributed by atoms with Gasteiger partial charge < -0.3 is 10.2 Å². The average molecular weight is 397 g/mol. The molecule has 1 saturated heterocycles. The molecule has 1 atom stereocenters. The first-order chi connectivity index (χ1) is 12.6. The second-order valence-electron chi connectivity index (χ2n) is 7.51. The highest BCUT2D eigenvalue weighted by Crippen LogP contribution is 2.16. The molecular weight excluding hydrogens is 366 g/mol. The van der Waals surface area contributed by atoms with E-state index >= 15 is 0 Å². The van der Waals surface area contributed by atoms with Crippen LogP contribution < -0.4 is 10.2 Å². The minimum Gasteiger partial charge on any atom is -0.348 e. The van der Waals surface area contributed by atoms with Gasteiger partial charge in [-0.3, -0.25) is 9.59 Å². The predicted octanol–water partition coefficient (Wildman–Crippen LogP) is -0.0609. The molecule has 0 aromatic heterocycles. The molecule has 1 fully saturated rings. The zero-order valence-corrected chi connectivity index (χ0v) is 17.3. The third-order valence-corrected chi connectivity index (χ3v) is 7.04. The van der Waals surface area contributed by atoms with E-state index in [4.69, 9.17) is 0 Å². The molecule has 1 amide bonds. The molecule has 150 valence electrons. The van der Waals surface area contributed by atoms with Gasteiger partial charge in [-0.15, -0.1) is 0 Å². The molecule has 1 aliphatic rings. The Morgan fingerprint density at radius 1 is 1.11 bits per heavy atom. The number of sulfonamides is 1. The molecule has 1 aromatic carbocycles. The van der Waals surface area contributed by atoms with Crippen LogP contribution in [0.4, 0.5) is 0 Å². The Hall–Kier alpha value is -1.77. The van der Waals surface area contributed by atoms with Crippen LogP contribution in [0.15, 0.2) is 29.2 Å². The van der Waals surface area contributed by atoms with Gasteiger partial charge in [0.05, 0.1) is 31.1 Å². The van der Waals surface area contributed by atoms with Crippen LogP contribution in [0, 0.1) is 5.92 Å². The molecule has 8 heteroatoms. The third kappa shape index (κ3) is 5.60. The van der Waals surface area contributed by atoms with E-state index in [-0.39, 0.29) is 22.6 Å². The molecule has 1 aromatic rings. The highest BCUT2D eigenvalue weighted by molar-refractivity contribution is 7.89. The van der Waals surface area contributed by atoms with Crippen molar-refractivity contribution in [1.29, 1.82) is 0 Å². The normalized spacial score (nSPS) is 17.7. The van der Waals surface area contributed by atoms with Crippen molar-refractivity contribution < 1.29 is 22.9 Å². The van der Waals surface area contributed by atoms with Gasteiger partial charge in [0.1, 0.15) is 0 Å². The Bertz CT molecular complexity index is 767. The van der Waals surface area contributed by atoms with Gasteiger partial charge in [0.15, 0.2) is 12.3 Å². The van der Waals surface area contributed by atoms with Crippen LogP contribution in [0.1, 0.15) is 38.1 Å². The monoisotopic (exact) mass is 396 g/mol. The number of Topliss-reactive ketones (excluding diaryl/α,β-unsaturated/α-hetero) is 1. The van der Waals surface area contributed by atoms with Gasteiger partial charge in [0.2, 0.25) is 10.0 Å². The molecule has 27 heavy (non-hydrogen) atoms. The highest BCUT2D eigenvalue weighted by atomic mass is 32.2. The summed E-state index contributed by atoms with van der Waals surface area (Å²) in [6, 6.07) is 6.16. The number of hydrogen-bond donors (Lipinski definition) is 2. The van der Waals surface area contributed by atoms with Crippen LogP contribution in [-0.2, 0) is 14.8 Å². The molecule has 0 spiro atoms. The van der Waals surface area contributed by atoms with E-state index in [9.17, 15) is 18.0 Å². The Labute approximate surface area is 161 Å². The fraction of sp³-hybridized carbons (Fsp3) is 0.579. The fourth-order valence-corrected chi connectivity index (χ4v) is 4.37. The number of quaternary nitrogens is 1. The molecule has 7 nitrogen and oxygen atoms in total. The first-order valence-corrected chi connectivity index (χ1v) is 10.8. The molecule has 0 radical (unpaired) electrons. The fourth-order valence-electron chi connectivity index (χ4n) is 2.93. The lowest BCUT2D eigenvalue weighted by Crippen LogP contribution is -3.15. The smallest absolute Gasteiger partial charge is 0.275 e. The van der Waals surface area contributed by atoms with Gasteiger partial charge >= 0.3 is 0 Å². The number of amides is 1. The molecule has 1 heterocycles. The van der Waals surface area contributed by atoms with Crippen LogP contribution in [0.3, 0.4) is 0 Å². The minimum atomic E-state index is -3.58. The Kier molecular flexibility index (Phi) is 7.13. The summed E-state index contributed by atoms with van der Waals surface area (Å²) >= 11 is 0. The summed E-state index contributed by atoms with van der Waals surface area (Å²) < 4.78 is 27.0. The van der Waals surface area contributed by atoms with Crippen molar-refractivity contribution in [1.82, 2.24) is 9.62 Å². The van der Waals surface area contributed by atoms with Crippen LogP contribution in [0.5, 0.6) is 0 Å². The molecule has 0 bridgehead atoms. The van der Waals surface area contributed by atoms with E-state index < -0.39 is 10.0 Å². The summed E-state index contributed by atoms with van der Waals surface area (Å²) in [4.78, 5) is 24.7. The van der Waals surface area contributed by atoms with Crippen LogP contribution in [0.2, 0.25) is 0 Å². The number of nitrogens with one attached hydrogen (secondary N) is 2. The maximum absolute atomic E-state index is 12.8. The average Bonchev–Trinajstić information content (AvgIpc) is 2.62. The van der Waals surface area contributed by atoms with Crippen molar-refractivity contribution in [2.24, 2.45) is 5.92 Å². The number of carbonyl (C=O) groups excluding carboxylic acids is 2. The van der Waals surface area contributed by atoms with Crippen molar-refractivity contribution in [3.63, 3.8) is 0 Å². The highest BCUT2D eigenvalue weighted by Gasteiger charge is 2.31. The van der Waals surface area contributed by atoms with Gasteiger partial charge in [-0.25, -0.2) is 8.42 Å². The van der Waals surface area contributed by atoms with E-state index in [1.807, 2.05) is 6.92 Å². The first-order valence-electron chi connectivity index (χ1n) is 9.35. The molecule has 0 unspecified atom stereocenters. The lowest BCUT2D eigenvalue weighted by Gasteiger charge is -2.31. The second kappa shape index (κ2) is 8.95. The first kappa shape index (κ1) is 21.5. The van der Waals surface area contributed by atoms with Gasteiger partial charge in [-0.2, -0.15) is 4.31 Å². The van der Waals surface area contributed by atoms with E-state index in [0.717, 1.165) is 4.90 Å². The van der Waals surface area contributed by atoms with Crippen LogP contribution >= 0.6 is 0 Å². The largest absolute Gasteiger partial charge is 0.348 e. The van der Waals surface area contributed by atoms with Crippen molar-refractivity contribution in [3.05, 3.63) is 29.8 Å². The SMILES string of the molecule is CC(=O)c1ccc(S(=O)(=O)N2CC[NH+](CC(=O)N[C@@H](C)C(C)C)CC2)cc1. The molecule has 0 saturated carbocycles. The summed E-state index contributed by atoms with van der Waals surface area (Å²) in [6.07, 6.45) is 0. The van der Waals surface area contributed by atoms with Gasteiger partial charge in [0.25, 0.3) is 5.91 Å². The molecular formula is C19H30N3O4S+. The van der Waals surface area contributed by atoms with E-state index in [0.29, 0.717) is 44.2 Å². The Morgan fingerprint density at radius 2 is 1.67 bits per heavy atom. The van der Waals surface area contributed by atoms with Crippen LogP contribution in [0.25, 0.3) is 0 Å².